The number of hydrogen-bond acceptors (Lipinski definition) is 2. The summed E-state index contributed by atoms with van der Waals surface area (Å²) >= 11 is 0. The van der Waals surface area contributed by atoms with E-state index in [0.29, 0.717) is 12.0 Å². The summed E-state index contributed by atoms with van der Waals surface area (Å²) in [5.41, 5.74) is 4.44. The molecule has 1 aromatic heterocycles. The molecule has 1 fully saturated rings. The van der Waals surface area contributed by atoms with Gasteiger partial charge in [0, 0.05) is 24.4 Å². The predicted molar refractivity (Wildman–Crippen MR) is 80.0 cm³/mol. The molecule has 2 unspecified atom stereocenters. The van der Waals surface area contributed by atoms with Crippen molar-refractivity contribution in [2.24, 2.45) is 0 Å². The molecule has 0 bridgehead atoms. The Morgan fingerprint density at radius 1 is 1.20 bits per heavy atom. The van der Waals surface area contributed by atoms with Gasteiger partial charge in [0.1, 0.15) is 0 Å². The molecule has 20 heavy (non-hydrogen) atoms. The molecule has 1 aromatic carbocycles. The molecule has 1 aliphatic carbocycles. The molecule has 0 saturated carbocycles. The molecule has 2 aliphatic rings. The van der Waals surface area contributed by atoms with Gasteiger partial charge in [-0.25, -0.2) is 4.98 Å². The molecule has 1 N–H and O–H groups in total. The van der Waals surface area contributed by atoms with Crippen molar-refractivity contribution in [3.63, 3.8) is 0 Å². The number of rotatable bonds is 2. The van der Waals surface area contributed by atoms with Crippen LogP contribution in [-0.4, -0.2) is 22.6 Å². The van der Waals surface area contributed by atoms with Crippen LogP contribution in [0.1, 0.15) is 48.0 Å². The number of fused-ring (bicyclic) bond motifs is 1. The van der Waals surface area contributed by atoms with E-state index in [1.165, 1.54) is 42.5 Å². The lowest BCUT2D eigenvalue weighted by Gasteiger charge is -2.29. The van der Waals surface area contributed by atoms with Crippen LogP contribution < -0.4 is 5.32 Å². The first-order valence-electron chi connectivity index (χ1n) is 7.74. The van der Waals surface area contributed by atoms with E-state index in [4.69, 9.17) is 0 Å². The van der Waals surface area contributed by atoms with Gasteiger partial charge in [-0.15, -0.1) is 0 Å². The predicted octanol–water partition coefficient (Wildman–Crippen LogP) is 2.89. The first-order valence-corrected chi connectivity index (χ1v) is 7.74. The number of aromatic nitrogens is 2. The third-order valence-corrected chi connectivity index (χ3v) is 4.85. The minimum Gasteiger partial charge on any atom is -0.327 e. The Labute approximate surface area is 120 Å². The van der Waals surface area contributed by atoms with Crippen LogP contribution >= 0.6 is 0 Å². The quantitative estimate of drug-likeness (QED) is 0.906. The van der Waals surface area contributed by atoms with Gasteiger partial charge in [0.05, 0.1) is 12.4 Å². The highest BCUT2D eigenvalue weighted by Crippen LogP contribution is 2.35. The van der Waals surface area contributed by atoms with Gasteiger partial charge in [-0.05, 0) is 43.4 Å². The third-order valence-electron chi connectivity index (χ3n) is 4.85. The maximum absolute atomic E-state index is 4.45. The lowest BCUT2D eigenvalue weighted by Crippen LogP contribution is -2.20. The van der Waals surface area contributed by atoms with Crippen molar-refractivity contribution in [2.45, 2.75) is 37.6 Å². The highest BCUT2D eigenvalue weighted by atomic mass is 15.1. The third kappa shape index (κ3) is 1.97. The largest absolute Gasteiger partial charge is 0.327 e. The van der Waals surface area contributed by atoms with Crippen LogP contribution in [0.3, 0.4) is 0 Å². The summed E-state index contributed by atoms with van der Waals surface area (Å²) in [6.45, 7) is 2.23. The number of nitrogens with one attached hydrogen (secondary N) is 1. The summed E-state index contributed by atoms with van der Waals surface area (Å²) in [5.74, 6) is 0.631. The summed E-state index contributed by atoms with van der Waals surface area (Å²) in [6, 6.07) is 9.41. The van der Waals surface area contributed by atoms with E-state index in [1.807, 2.05) is 6.33 Å². The Hall–Kier alpha value is -1.61. The molecule has 2 heterocycles. The molecule has 0 amide bonds. The number of hydrogen-bond donors (Lipinski definition) is 1. The lowest BCUT2D eigenvalue weighted by molar-refractivity contribution is 0.467. The van der Waals surface area contributed by atoms with Crippen LogP contribution in [0, 0.1) is 0 Å². The molecule has 3 heteroatoms. The molecule has 1 aliphatic heterocycles. The fraction of sp³-hybridized carbons (Fsp3) is 0.471. The topological polar surface area (TPSA) is 29.9 Å². The van der Waals surface area contributed by atoms with Crippen molar-refractivity contribution in [3.8, 4) is 0 Å². The highest BCUT2D eigenvalue weighted by molar-refractivity contribution is 5.33. The van der Waals surface area contributed by atoms with Crippen LogP contribution in [0.25, 0.3) is 0 Å². The molecule has 104 valence electrons. The zero-order chi connectivity index (χ0) is 13.4. The zero-order valence-electron chi connectivity index (χ0n) is 11.8. The van der Waals surface area contributed by atoms with Crippen LogP contribution in [0.2, 0.25) is 0 Å². The second-order valence-corrected chi connectivity index (χ2v) is 6.02. The monoisotopic (exact) mass is 267 g/mol. The minimum atomic E-state index is 0.484. The number of nitrogens with zero attached hydrogens (tertiary/aromatic N) is 2. The molecule has 2 aromatic rings. The standard InChI is InChI=1S/C17H21N3/c1-2-6-15-13(4-1)5-3-7-16(15)20-12-19-11-17(20)14-8-9-18-10-14/h1-2,4,6,11-12,14,16,18H,3,5,7-10H2. The van der Waals surface area contributed by atoms with Crippen LogP contribution in [-0.2, 0) is 6.42 Å². The molecule has 2 atom stereocenters. The van der Waals surface area contributed by atoms with Crippen molar-refractivity contribution >= 4 is 0 Å². The first-order chi connectivity index (χ1) is 9.93. The smallest absolute Gasteiger partial charge is 0.0954 e. The van der Waals surface area contributed by atoms with Gasteiger partial charge in [0.2, 0.25) is 0 Å². The maximum Gasteiger partial charge on any atom is 0.0954 e. The molecule has 4 rings (SSSR count). The Morgan fingerprint density at radius 2 is 2.15 bits per heavy atom. The van der Waals surface area contributed by atoms with Crippen molar-refractivity contribution in [1.29, 1.82) is 0 Å². The normalized spacial score (nSPS) is 25.6. The summed E-state index contributed by atoms with van der Waals surface area (Å²) in [6.07, 6.45) is 9.10. The molecule has 1 saturated heterocycles. The Kier molecular flexibility index (Phi) is 3.07. The highest BCUT2D eigenvalue weighted by Gasteiger charge is 2.26. The fourth-order valence-corrected chi connectivity index (χ4v) is 3.82. The van der Waals surface area contributed by atoms with Gasteiger partial charge in [-0.3, -0.25) is 0 Å². The first kappa shape index (κ1) is 12.2. The fourth-order valence-electron chi connectivity index (χ4n) is 3.82. The Balaban J connectivity index is 1.74. The average molecular weight is 267 g/mol. The molecular weight excluding hydrogens is 246 g/mol. The number of benzene rings is 1. The minimum absolute atomic E-state index is 0.484. The van der Waals surface area contributed by atoms with Crippen LogP contribution in [0.4, 0.5) is 0 Å². The SMILES string of the molecule is c1ccc2c(c1)CCCC2n1cncc1C1CCNC1. The van der Waals surface area contributed by atoms with Gasteiger partial charge < -0.3 is 9.88 Å². The molecule has 0 spiro atoms. The van der Waals surface area contributed by atoms with Gasteiger partial charge in [-0.1, -0.05) is 24.3 Å². The van der Waals surface area contributed by atoms with Crippen molar-refractivity contribution in [2.75, 3.05) is 13.1 Å². The van der Waals surface area contributed by atoms with E-state index in [0.717, 1.165) is 13.1 Å². The average Bonchev–Trinajstić information content (AvgIpc) is 3.17. The van der Waals surface area contributed by atoms with Crippen molar-refractivity contribution in [1.82, 2.24) is 14.9 Å². The van der Waals surface area contributed by atoms with E-state index >= 15 is 0 Å². The van der Waals surface area contributed by atoms with E-state index in [-0.39, 0.29) is 0 Å². The summed E-state index contributed by atoms with van der Waals surface area (Å²) < 4.78 is 2.44. The second kappa shape index (κ2) is 5.06. The van der Waals surface area contributed by atoms with Crippen LogP contribution in [0.5, 0.6) is 0 Å². The van der Waals surface area contributed by atoms with Gasteiger partial charge in [-0.2, -0.15) is 0 Å². The zero-order valence-corrected chi connectivity index (χ0v) is 11.8. The Morgan fingerprint density at radius 3 is 3.05 bits per heavy atom. The maximum atomic E-state index is 4.45. The van der Waals surface area contributed by atoms with Crippen LogP contribution in [0.15, 0.2) is 36.8 Å². The van der Waals surface area contributed by atoms with E-state index in [1.54, 1.807) is 0 Å². The van der Waals surface area contributed by atoms with Crippen molar-refractivity contribution in [3.05, 3.63) is 53.6 Å². The summed E-state index contributed by atoms with van der Waals surface area (Å²) in [4.78, 5) is 4.45. The van der Waals surface area contributed by atoms with E-state index in [9.17, 15) is 0 Å². The lowest BCUT2D eigenvalue weighted by atomic mass is 9.87. The Bertz CT molecular complexity index is 596. The van der Waals surface area contributed by atoms with Gasteiger partial charge in [0.15, 0.2) is 0 Å². The van der Waals surface area contributed by atoms with Gasteiger partial charge >= 0.3 is 0 Å². The van der Waals surface area contributed by atoms with E-state index < -0.39 is 0 Å². The number of imidazole rings is 1. The molecule has 3 nitrogen and oxygen atoms in total. The molecule has 0 radical (unpaired) electrons. The second-order valence-electron chi connectivity index (χ2n) is 6.02. The van der Waals surface area contributed by atoms with Gasteiger partial charge in [0.25, 0.3) is 0 Å². The summed E-state index contributed by atoms with van der Waals surface area (Å²) in [5, 5.41) is 3.47. The van der Waals surface area contributed by atoms with E-state index in [2.05, 4.69) is 45.3 Å². The molecular formula is C17H21N3. The number of aryl methyl sites for hydroxylation is 1. The summed E-state index contributed by atoms with van der Waals surface area (Å²) in [7, 11) is 0. The van der Waals surface area contributed by atoms with Crippen molar-refractivity contribution < 1.29 is 0 Å².